The van der Waals surface area contributed by atoms with Gasteiger partial charge >= 0.3 is 11.9 Å². The molecule has 300 valence electrons. The van der Waals surface area contributed by atoms with Crippen molar-refractivity contribution in [2.24, 2.45) is 5.73 Å². The molecule has 1 amide bonds. The number of thioether (sulfide) groups is 1. The highest BCUT2D eigenvalue weighted by Gasteiger charge is 2.21. The van der Waals surface area contributed by atoms with Crippen LogP contribution in [0.1, 0.15) is 194 Å². The molecule has 0 aliphatic heterocycles. The Labute approximate surface area is 316 Å². The number of aldehydes is 1. The van der Waals surface area contributed by atoms with Gasteiger partial charge in [0.05, 0.1) is 12.6 Å². The minimum atomic E-state index is -0.998. The van der Waals surface area contributed by atoms with Crippen LogP contribution in [0.2, 0.25) is 0 Å². The number of esters is 2. The zero-order chi connectivity index (χ0) is 37.6. The number of hydrogen-bond donors (Lipinski definition) is 3. The summed E-state index contributed by atoms with van der Waals surface area (Å²) < 4.78 is 11.2. The van der Waals surface area contributed by atoms with E-state index in [2.05, 4.69) is 19.2 Å². The molecule has 0 aromatic carbocycles. The number of nitrogens with one attached hydrogen (secondary N) is 1. The van der Waals surface area contributed by atoms with Crippen LogP contribution in [0.4, 0.5) is 0 Å². The van der Waals surface area contributed by atoms with E-state index >= 15 is 0 Å². The van der Waals surface area contributed by atoms with Crippen LogP contribution in [-0.2, 0) is 28.7 Å². The second-order valence-electron chi connectivity index (χ2n) is 14.4. The van der Waals surface area contributed by atoms with Gasteiger partial charge in [-0.2, -0.15) is 11.8 Å². The number of amides is 1. The van der Waals surface area contributed by atoms with Crippen LogP contribution in [0.25, 0.3) is 0 Å². The van der Waals surface area contributed by atoms with Crippen LogP contribution in [0.15, 0.2) is 0 Å². The lowest BCUT2D eigenvalue weighted by Crippen LogP contribution is -2.48. The lowest BCUT2D eigenvalue weighted by atomic mass is 10.0. The van der Waals surface area contributed by atoms with Gasteiger partial charge in [-0.15, -0.1) is 0 Å². The maximum Gasteiger partial charge on any atom is 0.306 e. The van der Waals surface area contributed by atoms with Crippen LogP contribution < -0.4 is 11.1 Å². The van der Waals surface area contributed by atoms with E-state index in [9.17, 15) is 19.2 Å². The number of hydrogen-bond acceptors (Lipinski definition) is 9. The van der Waals surface area contributed by atoms with E-state index < -0.39 is 30.7 Å². The Bertz CT molecular complexity index is 832. The summed E-state index contributed by atoms with van der Waals surface area (Å²) in [6, 6.07) is -1.91. The van der Waals surface area contributed by atoms with Crippen LogP contribution in [-0.4, -0.2) is 72.1 Å². The van der Waals surface area contributed by atoms with Gasteiger partial charge in [0.15, 0.2) is 0 Å². The van der Waals surface area contributed by atoms with E-state index in [-0.39, 0.29) is 24.3 Å². The van der Waals surface area contributed by atoms with Gasteiger partial charge in [0.1, 0.15) is 25.0 Å². The van der Waals surface area contributed by atoms with Crippen molar-refractivity contribution in [3.05, 3.63) is 0 Å². The largest absolute Gasteiger partial charge is 0.462 e. The summed E-state index contributed by atoms with van der Waals surface area (Å²) in [5, 5.41) is 11.5. The monoisotopic (exact) mass is 743 g/mol. The number of rotatable bonds is 39. The number of unbranched alkanes of at least 4 members (excludes halogenated alkanes) is 24. The molecule has 0 heterocycles. The number of aliphatic hydroxyl groups is 1. The van der Waals surface area contributed by atoms with Crippen molar-refractivity contribution in [2.45, 2.75) is 212 Å². The summed E-state index contributed by atoms with van der Waals surface area (Å²) in [5.41, 5.74) is 5.96. The fraction of sp³-hybridized carbons (Fsp3) is 0.902. The van der Waals surface area contributed by atoms with E-state index in [0.717, 1.165) is 38.5 Å². The highest BCUT2D eigenvalue weighted by atomic mass is 32.2. The summed E-state index contributed by atoms with van der Waals surface area (Å²) in [5.74, 6) is -0.624. The lowest BCUT2D eigenvalue weighted by Gasteiger charge is -2.19. The molecule has 3 atom stereocenters. The second-order valence-corrected chi connectivity index (χ2v) is 15.4. The summed E-state index contributed by atoms with van der Waals surface area (Å²) in [4.78, 5) is 48.3. The molecule has 0 bridgehead atoms. The summed E-state index contributed by atoms with van der Waals surface area (Å²) in [6.07, 6.45) is 32.6. The van der Waals surface area contributed by atoms with Crippen LogP contribution in [0, 0.1) is 0 Å². The predicted molar refractivity (Wildman–Crippen MR) is 212 cm³/mol. The number of nitrogens with two attached hydrogens (primary N) is 1. The van der Waals surface area contributed by atoms with Gasteiger partial charge in [0.25, 0.3) is 0 Å². The molecule has 0 aromatic heterocycles. The van der Waals surface area contributed by atoms with Gasteiger partial charge in [-0.1, -0.05) is 168 Å². The molecular formula is C41H78N2O7S. The highest BCUT2D eigenvalue weighted by molar-refractivity contribution is 7.99. The van der Waals surface area contributed by atoms with Gasteiger partial charge in [-0.3, -0.25) is 14.4 Å². The van der Waals surface area contributed by atoms with Crippen LogP contribution in [0.3, 0.4) is 0 Å². The highest BCUT2D eigenvalue weighted by Crippen LogP contribution is 2.16. The first kappa shape index (κ1) is 49.4. The average molecular weight is 743 g/mol. The molecule has 0 aliphatic carbocycles. The Morgan fingerprint density at radius 2 is 1.02 bits per heavy atom. The van der Waals surface area contributed by atoms with Gasteiger partial charge in [-0.05, 0) is 12.8 Å². The molecule has 0 rings (SSSR count). The third-order valence-corrected chi connectivity index (χ3v) is 10.5. The Morgan fingerprint density at radius 3 is 1.41 bits per heavy atom. The minimum Gasteiger partial charge on any atom is -0.462 e. The average Bonchev–Trinajstić information content (AvgIpc) is 3.13. The topological polar surface area (TPSA) is 145 Å². The van der Waals surface area contributed by atoms with Gasteiger partial charge < -0.3 is 30.4 Å². The van der Waals surface area contributed by atoms with E-state index in [1.807, 2.05) is 0 Å². The first-order valence-electron chi connectivity index (χ1n) is 20.9. The first-order valence-corrected chi connectivity index (χ1v) is 22.1. The van der Waals surface area contributed by atoms with Crippen molar-refractivity contribution in [1.82, 2.24) is 5.32 Å². The Hall–Kier alpha value is -1.65. The molecule has 0 fully saturated rings. The molecule has 4 N–H and O–H groups in total. The van der Waals surface area contributed by atoms with Crippen molar-refractivity contribution in [3.8, 4) is 0 Å². The number of aliphatic hydroxyl groups excluding tert-OH is 1. The maximum absolute atomic E-state index is 12.7. The standard InChI is InChI=1S/C41H78N2O7S/c1-3-5-7-9-11-13-15-17-19-21-23-25-27-29-39(46)49-33-37(34-51-35-38(42)41(48)43-36(31-44)32-45)50-40(47)30-28-26-24-22-20-18-16-14-12-10-8-6-4-2/h31,36-38,45H,3-30,32-35,42H2,1-2H3,(H,43,48)/t36-,37-,38+/m1/s1. The van der Waals surface area contributed by atoms with E-state index in [1.165, 1.54) is 140 Å². The number of ether oxygens (including phenoxy) is 2. The molecule has 0 unspecified atom stereocenters. The van der Waals surface area contributed by atoms with E-state index in [1.54, 1.807) is 0 Å². The van der Waals surface area contributed by atoms with E-state index in [0.29, 0.717) is 24.9 Å². The molecule has 0 aliphatic rings. The summed E-state index contributed by atoms with van der Waals surface area (Å²) in [7, 11) is 0. The molecule has 0 saturated carbocycles. The Balaban J connectivity index is 4.38. The summed E-state index contributed by atoms with van der Waals surface area (Å²) >= 11 is 1.31. The summed E-state index contributed by atoms with van der Waals surface area (Å²) in [6.45, 7) is 3.96. The number of carbonyl (C=O) groups excluding carboxylic acids is 4. The smallest absolute Gasteiger partial charge is 0.306 e. The first-order chi connectivity index (χ1) is 24.9. The zero-order valence-corrected chi connectivity index (χ0v) is 33.6. The third-order valence-electron chi connectivity index (χ3n) is 9.32. The van der Waals surface area contributed by atoms with Crippen molar-refractivity contribution in [2.75, 3.05) is 24.7 Å². The van der Waals surface area contributed by atoms with Crippen molar-refractivity contribution in [1.29, 1.82) is 0 Å². The fourth-order valence-corrected chi connectivity index (χ4v) is 6.98. The lowest BCUT2D eigenvalue weighted by molar-refractivity contribution is -0.157. The molecule has 0 spiro atoms. The Morgan fingerprint density at radius 1 is 0.627 bits per heavy atom. The van der Waals surface area contributed by atoms with Gasteiger partial charge in [0, 0.05) is 24.3 Å². The quantitative estimate of drug-likeness (QED) is 0.0319. The van der Waals surface area contributed by atoms with Crippen LogP contribution in [0.5, 0.6) is 0 Å². The third kappa shape index (κ3) is 33.9. The molecular weight excluding hydrogens is 665 g/mol. The second kappa shape index (κ2) is 38.1. The zero-order valence-electron chi connectivity index (χ0n) is 32.8. The molecule has 0 aromatic rings. The molecule has 0 saturated heterocycles. The molecule has 51 heavy (non-hydrogen) atoms. The molecule has 0 radical (unpaired) electrons. The van der Waals surface area contributed by atoms with Gasteiger partial charge in [0.2, 0.25) is 5.91 Å². The minimum absolute atomic E-state index is 0.0339. The van der Waals surface area contributed by atoms with Crippen LogP contribution >= 0.6 is 11.8 Å². The predicted octanol–water partition coefficient (Wildman–Crippen LogP) is 9.14. The molecule has 10 heteroatoms. The molecule has 9 nitrogen and oxygen atoms in total. The Kier molecular flexibility index (Phi) is 36.9. The normalized spacial score (nSPS) is 13.0. The van der Waals surface area contributed by atoms with Crippen molar-refractivity contribution >= 4 is 35.9 Å². The van der Waals surface area contributed by atoms with E-state index in [4.69, 9.17) is 20.3 Å². The number of carbonyl (C=O) groups is 4. The van der Waals surface area contributed by atoms with Gasteiger partial charge in [-0.25, -0.2) is 0 Å². The van der Waals surface area contributed by atoms with Crippen molar-refractivity contribution in [3.63, 3.8) is 0 Å². The fourth-order valence-electron chi connectivity index (χ4n) is 6.01. The SMILES string of the molecule is CCCCCCCCCCCCCCCC(=O)OC[C@H](CSC[C@H](N)C(=O)N[C@H](C=O)CO)OC(=O)CCCCCCCCCCCCCCC. The maximum atomic E-state index is 12.7. The van der Waals surface area contributed by atoms with Crippen molar-refractivity contribution < 1.29 is 33.8 Å².